The summed E-state index contributed by atoms with van der Waals surface area (Å²) in [5.41, 5.74) is 1.86. The van der Waals surface area contributed by atoms with Gasteiger partial charge in [0.1, 0.15) is 0 Å². The van der Waals surface area contributed by atoms with Crippen molar-refractivity contribution in [3.05, 3.63) is 24.0 Å². The second-order valence-corrected chi connectivity index (χ2v) is 7.00. The van der Waals surface area contributed by atoms with Crippen LogP contribution in [0.2, 0.25) is 0 Å². The Morgan fingerprint density at radius 2 is 2.16 bits per heavy atom. The van der Waals surface area contributed by atoms with Gasteiger partial charge >= 0.3 is 0 Å². The van der Waals surface area contributed by atoms with Gasteiger partial charge in [0.05, 0.1) is 12.2 Å². The maximum Gasteiger partial charge on any atom is 0.223 e. The molecule has 2 amide bonds. The lowest BCUT2D eigenvalue weighted by molar-refractivity contribution is -0.127. The highest BCUT2D eigenvalue weighted by molar-refractivity contribution is 5.81. The Balaban J connectivity index is 1.52. The van der Waals surface area contributed by atoms with Gasteiger partial charge in [-0.25, -0.2) is 9.67 Å². The molecule has 0 bridgehead atoms. The van der Waals surface area contributed by atoms with E-state index in [4.69, 9.17) is 5.10 Å². The van der Waals surface area contributed by atoms with E-state index in [-0.39, 0.29) is 23.7 Å². The molecule has 1 atom stereocenters. The molecule has 0 unspecified atom stereocenters. The number of aromatic nitrogens is 3. The number of amides is 2. The van der Waals surface area contributed by atoms with E-state index < -0.39 is 0 Å². The number of hydrogen-bond donors (Lipinski definition) is 1. The molecule has 4 rings (SSSR count). The number of nitrogens with one attached hydrogen (secondary N) is 1. The van der Waals surface area contributed by atoms with Crippen molar-refractivity contribution >= 4 is 22.8 Å². The zero-order chi connectivity index (χ0) is 17.4. The molecule has 2 aromatic heterocycles. The molecule has 7 nitrogen and oxygen atoms in total. The molecular formula is C18H23N5O2. The number of likely N-dealkylation sites (tertiary alicyclic amines) is 1. The summed E-state index contributed by atoms with van der Waals surface area (Å²) in [4.78, 5) is 29.7. The number of hydrogen-bond acceptors (Lipinski definition) is 4. The van der Waals surface area contributed by atoms with E-state index in [0.717, 1.165) is 49.1 Å². The minimum atomic E-state index is 0.118. The molecule has 1 aliphatic carbocycles. The van der Waals surface area contributed by atoms with Gasteiger partial charge in [-0.1, -0.05) is 0 Å². The van der Waals surface area contributed by atoms with Crippen molar-refractivity contribution in [3.8, 4) is 0 Å². The van der Waals surface area contributed by atoms with Gasteiger partial charge in [0, 0.05) is 50.0 Å². The number of nitrogens with zero attached hydrogens (tertiary/aromatic N) is 4. The third kappa shape index (κ3) is 3.23. The van der Waals surface area contributed by atoms with E-state index in [1.165, 1.54) is 0 Å². The average Bonchev–Trinajstić information content (AvgIpc) is 3.23. The standard InChI is InChI=1S/C18H23N5O2/c1-12(24)22-9-6-14(11-22)16-15-3-2-7-19-17(15)23(21-16)10-8-20-18(25)13-4-5-13/h2-3,7,13-14H,4-6,8-11H2,1H3,(H,20,25)/t14-/m0/s1. The summed E-state index contributed by atoms with van der Waals surface area (Å²) in [5, 5.41) is 8.81. The van der Waals surface area contributed by atoms with Gasteiger partial charge in [-0.3, -0.25) is 9.59 Å². The average molecular weight is 341 g/mol. The van der Waals surface area contributed by atoms with E-state index in [1.54, 1.807) is 13.1 Å². The van der Waals surface area contributed by atoms with Gasteiger partial charge in [0.25, 0.3) is 0 Å². The quantitative estimate of drug-likeness (QED) is 0.889. The summed E-state index contributed by atoms with van der Waals surface area (Å²) < 4.78 is 1.88. The molecule has 0 spiro atoms. The first-order chi connectivity index (χ1) is 12.1. The van der Waals surface area contributed by atoms with Crippen LogP contribution in [-0.4, -0.2) is 51.1 Å². The van der Waals surface area contributed by atoms with Gasteiger partial charge < -0.3 is 10.2 Å². The van der Waals surface area contributed by atoms with Crippen LogP contribution in [0.3, 0.4) is 0 Å². The Kier molecular flexibility index (Phi) is 4.15. The molecule has 3 heterocycles. The van der Waals surface area contributed by atoms with E-state index in [9.17, 15) is 9.59 Å². The fourth-order valence-corrected chi connectivity index (χ4v) is 3.54. The zero-order valence-corrected chi connectivity index (χ0v) is 14.4. The van der Waals surface area contributed by atoms with Gasteiger partial charge in [-0.05, 0) is 31.4 Å². The van der Waals surface area contributed by atoms with Crippen LogP contribution in [0.4, 0.5) is 0 Å². The van der Waals surface area contributed by atoms with Crippen LogP contribution in [0.5, 0.6) is 0 Å². The highest BCUT2D eigenvalue weighted by Crippen LogP contribution is 2.31. The highest BCUT2D eigenvalue weighted by Gasteiger charge is 2.30. The second-order valence-electron chi connectivity index (χ2n) is 7.00. The molecule has 1 aliphatic heterocycles. The maximum absolute atomic E-state index is 11.8. The van der Waals surface area contributed by atoms with Crippen LogP contribution < -0.4 is 5.32 Å². The minimum Gasteiger partial charge on any atom is -0.354 e. The Morgan fingerprint density at radius 3 is 2.88 bits per heavy atom. The Labute approximate surface area is 146 Å². The van der Waals surface area contributed by atoms with Crippen LogP contribution in [0, 0.1) is 5.92 Å². The third-order valence-electron chi connectivity index (χ3n) is 5.13. The molecule has 0 radical (unpaired) electrons. The number of rotatable bonds is 5. The number of pyridine rings is 1. The van der Waals surface area contributed by atoms with Gasteiger partial charge in [0.15, 0.2) is 5.65 Å². The molecule has 2 aliphatic rings. The van der Waals surface area contributed by atoms with E-state index >= 15 is 0 Å². The predicted octanol–water partition coefficient (Wildman–Crippen LogP) is 1.29. The van der Waals surface area contributed by atoms with Crippen LogP contribution in [0.15, 0.2) is 18.3 Å². The van der Waals surface area contributed by atoms with Gasteiger partial charge in [-0.15, -0.1) is 0 Å². The van der Waals surface area contributed by atoms with Crippen molar-refractivity contribution in [2.75, 3.05) is 19.6 Å². The van der Waals surface area contributed by atoms with Crippen LogP contribution in [-0.2, 0) is 16.1 Å². The van der Waals surface area contributed by atoms with Crippen molar-refractivity contribution in [2.45, 2.75) is 38.6 Å². The largest absolute Gasteiger partial charge is 0.354 e. The number of fused-ring (bicyclic) bond motifs is 1. The number of carbonyl (C=O) groups is 2. The lowest BCUT2D eigenvalue weighted by Gasteiger charge is -2.12. The Bertz CT molecular complexity index is 811. The van der Waals surface area contributed by atoms with E-state index in [0.29, 0.717) is 13.1 Å². The fraction of sp³-hybridized carbons (Fsp3) is 0.556. The second kappa shape index (κ2) is 6.46. The fourth-order valence-electron chi connectivity index (χ4n) is 3.54. The summed E-state index contributed by atoms with van der Waals surface area (Å²) in [5.74, 6) is 0.738. The lowest BCUT2D eigenvalue weighted by Crippen LogP contribution is -2.28. The first kappa shape index (κ1) is 16.1. The first-order valence-corrected chi connectivity index (χ1v) is 8.98. The van der Waals surface area contributed by atoms with Crippen LogP contribution in [0.25, 0.3) is 11.0 Å². The Morgan fingerprint density at radius 1 is 1.32 bits per heavy atom. The molecule has 0 aromatic carbocycles. The monoisotopic (exact) mass is 341 g/mol. The number of carbonyl (C=O) groups excluding carboxylic acids is 2. The van der Waals surface area contributed by atoms with Crippen molar-refractivity contribution in [1.29, 1.82) is 0 Å². The normalized spacial score (nSPS) is 20.2. The summed E-state index contributed by atoms with van der Waals surface area (Å²) in [6.45, 7) is 4.28. The van der Waals surface area contributed by atoms with Crippen molar-refractivity contribution < 1.29 is 9.59 Å². The molecule has 1 saturated heterocycles. The van der Waals surface area contributed by atoms with Crippen molar-refractivity contribution in [2.24, 2.45) is 5.92 Å². The summed E-state index contributed by atoms with van der Waals surface area (Å²) >= 11 is 0. The summed E-state index contributed by atoms with van der Waals surface area (Å²) in [7, 11) is 0. The summed E-state index contributed by atoms with van der Waals surface area (Å²) in [6.07, 6.45) is 4.72. The molecule has 7 heteroatoms. The molecule has 1 saturated carbocycles. The van der Waals surface area contributed by atoms with E-state index in [1.807, 2.05) is 21.7 Å². The zero-order valence-electron chi connectivity index (χ0n) is 14.4. The van der Waals surface area contributed by atoms with Crippen LogP contribution >= 0.6 is 0 Å². The summed E-state index contributed by atoms with van der Waals surface area (Å²) in [6, 6.07) is 3.96. The van der Waals surface area contributed by atoms with Crippen molar-refractivity contribution in [1.82, 2.24) is 25.0 Å². The predicted molar refractivity (Wildman–Crippen MR) is 92.9 cm³/mol. The third-order valence-corrected chi connectivity index (χ3v) is 5.13. The SMILES string of the molecule is CC(=O)N1CC[C@H](c2nn(CCNC(=O)C3CC3)c3ncccc23)C1. The topological polar surface area (TPSA) is 80.1 Å². The van der Waals surface area contributed by atoms with Crippen LogP contribution in [0.1, 0.15) is 37.8 Å². The van der Waals surface area contributed by atoms with Gasteiger partial charge in [0.2, 0.25) is 11.8 Å². The molecule has 2 fully saturated rings. The van der Waals surface area contributed by atoms with Gasteiger partial charge in [-0.2, -0.15) is 5.10 Å². The molecule has 132 valence electrons. The van der Waals surface area contributed by atoms with Crippen molar-refractivity contribution in [3.63, 3.8) is 0 Å². The maximum atomic E-state index is 11.8. The molecular weight excluding hydrogens is 318 g/mol. The lowest BCUT2D eigenvalue weighted by atomic mass is 10.0. The highest BCUT2D eigenvalue weighted by atomic mass is 16.2. The first-order valence-electron chi connectivity index (χ1n) is 8.98. The molecule has 2 aromatic rings. The Hall–Kier alpha value is -2.44. The van der Waals surface area contributed by atoms with E-state index in [2.05, 4.69) is 10.3 Å². The minimum absolute atomic E-state index is 0.118. The molecule has 25 heavy (non-hydrogen) atoms. The smallest absolute Gasteiger partial charge is 0.223 e. The molecule has 1 N–H and O–H groups in total.